The van der Waals surface area contributed by atoms with Crippen molar-refractivity contribution in [3.05, 3.63) is 55.5 Å². The maximum absolute atomic E-state index is 6.15. The molecule has 0 aromatic heterocycles. The molecule has 0 spiro atoms. The molecule has 0 aliphatic rings. The van der Waals surface area contributed by atoms with Crippen LogP contribution in [-0.4, -0.2) is 7.69 Å². The Kier molecular flexibility index (Phi) is 5.56. The van der Waals surface area contributed by atoms with Crippen LogP contribution in [0.2, 0.25) is 20.1 Å². The molecule has 21 heavy (non-hydrogen) atoms. The van der Waals surface area contributed by atoms with Gasteiger partial charge in [0, 0.05) is 0 Å². The first-order valence-corrected chi connectivity index (χ1v) is 7.57. The van der Waals surface area contributed by atoms with Gasteiger partial charge in [-0.05, 0) is 37.1 Å². The summed E-state index contributed by atoms with van der Waals surface area (Å²) in [6.07, 6.45) is 0. The van der Waals surface area contributed by atoms with Gasteiger partial charge in [-0.25, -0.2) is 0 Å². The highest BCUT2D eigenvalue weighted by Gasteiger charge is 2.14. The van der Waals surface area contributed by atoms with Crippen LogP contribution in [-0.2, 0) is 0 Å². The summed E-state index contributed by atoms with van der Waals surface area (Å²) in [6, 6.07) is 7.05. The van der Waals surface area contributed by atoms with Gasteiger partial charge >= 0.3 is 7.69 Å². The summed E-state index contributed by atoms with van der Waals surface area (Å²) in [6.45, 7) is 3.72. The third-order valence-electron chi connectivity index (χ3n) is 2.89. The minimum Gasteiger partial charge on any atom is -0.526 e. The lowest BCUT2D eigenvalue weighted by Gasteiger charge is -2.14. The molecule has 2 aromatic carbocycles. The van der Waals surface area contributed by atoms with Gasteiger partial charge in [0.1, 0.15) is 11.5 Å². The smallest absolute Gasteiger partial charge is 0.526 e. The van der Waals surface area contributed by atoms with Gasteiger partial charge in [-0.15, -0.1) is 0 Å². The Hall–Kier alpha value is -0.735. The van der Waals surface area contributed by atoms with Crippen molar-refractivity contribution < 1.29 is 9.31 Å². The van der Waals surface area contributed by atoms with Gasteiger partial charge in [-0.1, -0.05) is 58.5 Å². The SMILES string of the molecule is Cc1ccc(Cl)c(OBOc2c(Cl)ccc(C)c2Cl)c1Cl. The van der Waals surface area contributed by atoms with E-state index in [-0.39, 0.29) is 7.69 Å². The fraction of sp³-hybridized carbons (Fsp3) is 0.143. The van der Waals surface area contributed by atoms with Gasteiger partial charge in [0.25, 0.3) is 0 Å². The molecule has 0 bridgehead atoms. The molecular weight excluding hydrogens is 353 g/mol. The lowest BCUT2D eigenvalue weighted by Crippen LogP contribution is -2.12. The molecule has 110 valence electrons. The van der Waals surface area contributed by atoms with E-state index < -0.39 is 0 Å². The predicted octanol–water partition coefficient (Wildman–Crippen LogP) is 5.64. The normalized spacial score (nSPS) is 10.4. The Morgan fingerprint density at radius 2 is 1.10 bits per heavy atom. The van der Waals surface area contributed by atoms with E-state index in [0.29, 0.717) is 31.6 Å². The molecule has 0 saturated carbocycles. The zero-order valence-corrected chi connectivity index (χ0v) is 14.4. The van der Waals surface area contributed by atoms with Crippen LogP contribution in [0.15, 0.2) is 24.3 Å². The van der Waals surface area contributed by atoms with Crippen LogP contribution in [0.25, 0.3) is 0 Å². The first kappa shape index (κ1) is 16.6. The van der Waals surface area contributed by atoms with Crippen LogP contribution < -0.4 is 9.31 Å². The van der Waals surface area contributed by atoms with E-state index in [9.17, 15) is 0 Å². The average molecular weight is 364 g/mol. The molecule has 7 heteroatoms. The molecule has 2 nitrogen and oxygen atoms in total. The second-order valence-electron chi connectivity index (χ2n) is 4.42. The van der Waals surface area contributed by atoms with Gasteiger partial charge in [0.15, 0.2) is 0 Å². The van der Waals surface area contributed by atoms with Crippen LogP contribution >= 0.6 is 46.4 Å². The summed E-state index contributed by atoms with van der Waals surface area (Å²) in [5.74, 6) is 0.747. The Morgan fingerprint density at radius 3 is 1.48 bits per heavy atom. The monoisotopic (exact) mass is 362 g/mol. The number of hydrogen-bond donors (Lipinski definition) is 0. The van der Waals surface area contributed by atoms with E-state index in [1.165, 1.54) is 0 Å². The highest BCUT2D eigenvalue weighted by atomic mass is 35.5. The fourth-order valence-electron chi connectivity index (χ4n) is 1.67. The summed E-state index contributed by atoms with van der Waals surface area (Å²) in [5, 5.41) is 1.73. The molecule has 2 rings (SSSR count). The van der Waals surface area contributed by atoms with Crippen LogP contribution in [0.3, 0.4) is 0 Å². The van der Waals surface area contributed by atoms with Crippen molar-refractivity contribution in [1.29, 1.82) is 0 Å². The summed E-state index contributed by atoms with van der Waals surface area (Å²) < 4.78 is 11.0. The molecule has 0 aliphatic heterocycles. The number of hydrogen-bond acceptors (Lipinski definition) is 2. The molecule has 0 radical (unpaired) electrons. The highest BCUT2D eigenvalue weighted by molar-refractivity contribution is 6.39. The Morgan fingerprint density at radius 1 is 0.714 bits per heavy atom. The number of halogens is 4. The molecule has 0 N–H and O–H groups in total. The Bertz CT molecular complexity index is 619. The van der Waals surface area contributed by atoms with Crippen molar-refractivity contribution >= 4 is 54.1 Å². The standard InChI is InChI=1S/C14H11BCl4O2/c1-7-3-5-9(16)13(11(7)18)20-15-21-14-10(17)6-4-8(2)12(14)19/h3-6,15H,1-2H3. The predicted molar refractivity (Wildman–Crippen MR) is 90.8 cm³/mol. The van der Waals surface area contributed by atoms with Crippen molar-refractivity contribution in [3.8, 4) is 11.5 Å². The van der Waals surface area contributed by atoms with E-state index in [1.54, 1.807) is 12.1 Å². The van der Waals surface area contributed by atoms with Gasteiger partial charge in [-0.3, -0.25) is 0 Å². The number of aryl methyl sites for hydroxylation is 2. The van der Waals surface area contributed by atoms with Crippen LogP contribution in [0.5, 0.6) is 11.5 Å². The molecule has 0 atom stereocenters. The number of rotatable bonds is 4. The zero-order valence-electron chi connectivity index (χ0n) is 11.3. The first-order valence-electron chi connectivity index (χ1n) is 6.06. The van der Waals surface area contributed by atoms with Gasteiger partial charge < -0.3 is 9.31 Å². The third-order valence-corrected chi connectivity index (χ3v) is 4.43. The van der Waals surface area contributed by atoms with Crippen molar-refractivity contribution in [2.24, 2.45) is 0 Å². The lowest BCUT2D eigenvalue weighted by molar-refractivity contribution is 0.459. The zero-order chi connectivity index (χ0) is 15.6. The van der Waals surface area contributed by atoms with E-state index in [0.717, 1.165) is 11.1 Å². The molecule has 0 saturated heterocycles. The van der Waals surface area contributed by atoms with Crippen molar-refractivity contribution in [2.45, 2.75) is 13.8 Å². The third kappa shape index (κ3) is 3.72. The Balaban J connectivity index is 2.13. The van der Waals surface area contributed by atoms with Gasteiger partial charge in [0.2, 0.25) is 0 Å². The minimum absolute atomic E-state index is 0.105. The molecular formula is C14H11BCl4O2. The summed E-state index contributed by atoms with van der Waals surface area (Å²) in [4.78, 5) is 0. The maximum Gasteiger partial charge on any atom is 0.576 e. The summed E-state index contributed by atoms with van der Waals surface area (Å²) in [5.41, 5.74) is 1.73. The molecule has 0 fully saturated rings. The molecule has 0 aliphatic carbocycles. The van der Waals surface area contributed by atoms with Crippen LogP contribution in [0.4, 0.5) is 0 Å². The van der Waals surface area contributed by atoms with Crippen molar-refractivity contribution in [2.75, 3.05) is 0 Å². The topological polar surface area (TPSA) is 18.5 Å². The second-order valence-corrected chi connectivity index (χ2v) is 5.99. The molecule has 0 heterocycles. The van der Waals surface area contributed by atoms with Crippen LogP contribution in [0, 0.1) is 13.8 Å². The van der Waals surface area contributed by atoms with Gasteiger partial charge in [0.05, 0.1) is 20.1 Å². The van der Waals surface area contributed by atoms with Crippen molar-refractivity contribution in [1.82, 2.24) is 0 Å². The maximum atomic E-state index is 6.15. The molecule has 0 unspecified atom stereocenters. The number of benzene rings is 2. The molecule has 0 amide bonds. The van der Waals surface area contributed by atoms with E-state index in [2.05, 4.69) is 0 Å². The minimum atomic E-state index is -0.105. The highest BCUT2D eigenvalue weighted by Crippen LogP contribution is 2.37. The van der Waals surface area contributed by atoms with Gasteiger partial charge in [-0.2, -0.15) is 0 Å². The van der Waals surface area contributed by atoms with E-state index in [4.69, 9.17) is 55.7 Å². The van der Waals surface area contributed by atoms with Crippen molar-refractivity contribution in [3.63, 3.8) is 0 Å². The summed E-state index contributed by atoms with van der Waals surface area (Å²) in [7, 11) is -0.105. The largest absolute Gasteiger partial charge is 0.576 e. The summed E-state index contributed by atoms with van der Waals surface area (Å²) >= 11 is 24.4. The quantitative estimate of drug-likeness (QED) is 0.654. The Labute approximate surface area is 144 Å². The van der Waals surface area contributed by atoms with Crippen LogP contribution in [0.1, 0.15) is 11.1 Å². The van der Waals surface area contributed by atoms with E-state index >= 15 is 0 Å². The fourth-order valence-corrected chi connectivity index (χ4v) is 2.63. The molecule has 2 aromatic rings. The first-order chi connectivity index (χ1) is 9.91. The lowest BCUT2D eigenvalue weighted by atomic mass is 10.2. The second kappa shape index (κ2) is 7.02. The average Bonchev–Trinajstić information content (AvgIpc) is 2.46. The van der Waals surface area contributed by atoms with E-state index in [1.807, 2.05) is 26.0 Å².